The molecule has 0 unspecified atom stereocenters. The van der Waals surface area contributed by atoms with E-state index in [0.717, 1.165) is 5.92 Å². The van der Waals surface area contributed by atoms with Gasteiger partial charge in [-0.15, -0.1) is 0 Å². The van der Waals surface area contributed by atoms with Gasteiger partial charge in [-0.05, 0) is 51.5 Å². The smallest absolute Gasteiger partial charge is 0.0216 e. The van der Waals surface area contributed by atoms with E-state index in [0.29, 0.717) is 11.1 Å². The molecule has 2 aliphatic carbocycles. The molecule has 0 aromatic carbocycles. The minimum absolute atomic E-state index is 0.689. The van der Waals surface area contributed by atoms with Crippen LogP contribution in [0, 0.1) is 5.92 Å². The number of nitrogens with zero attached hydrogens (tertiary/aromatic N) is 1. The molecule has 1 aliphatic heterocycles. The van der Waals surface area contributed by atoms with Crippen molar-refractivity contribution in [3.8, 4) is 0 Å². The van der Waals surface area contributed by atoms with Gasteiger partial charge in [0.2, 0.25) is 0 Å². The van der Waals surface area contributed by atoms with Crippen molar-refractivity contribution in [3.63, 3.8) is 0 Å². The van der Waals surface area contributed by atoms with Crippen LogP contribution in [0.15, 0.2) is 0 Å². The van der Waals surface area contributed by atoms with Gasteiger partial charge in [-0.1, -0.05) is 34.6 Å². The normalized spacial score (nSPS) is 32.2. The minimum Gasteiger partial charge on any atom is -0.295 e. The fourth-order valence-corrected chi connectivity index (χ4v) is 3.51. The number of hydrogen-bond acceptors (Lipinski definition) is 1. The molecule has 3 aliphatic rings. The molecule has 2 spiro atoms. The highest BCUT2D eigenvalue weighted by Gasteiger charge is 2.61. The van der Waals surface area contributed by atoms with E-state index >= 15 is 0 Å². The second kappa shape index (κ2) is 5.08. The lowest BCUT2D eigenvalue weighted by Gasteiger charge is -2.44. The number of likely N-dealkylation sites (tertiary alicyclic amines) is 1. The maximum atomic E-state index is 2.75. The second-order valence-electron chi connectivity index (χ2n) is 5.52. The number of rotatable bonds is 0. The summed E-state index contributed by atoms with van der Waals surface area (Å²) in [7, 11) is 2.38. The molecule has 1 heteroatoms. The van der Waals surface area contributed by atoms with Gasteiger partial charge >= 0.3 is 0 Å². The van der Waals surface area contributed by atoms with E-state index in [2.05, 4.69) is 18.9 Å². The molecule has 0 N–H and O–H groups in total. The van der Waals surface area contributed by atoms with Crippen molar-refractivity contribution in [1.82, 2.24) is 4.90 Å². The zero-order chi connectivity index (χ0) is 12.4. The van der Waals surface area contributed by atoms with Crippen LogP contribution < -0.4 is 0 Å². The second-order valence-corrected chi connectivity index (χ2v) is 5.52. The Hall–Kier alpha value is -0.0400. The van der Waals surface area contributed by atoms with Crippen molar-refractivity contribution in [1.29, 1.82) is 0 Å². The summed E-state index contributed by atoms with van der Waals surface area (Å²) in [5.74, 6) is 0.992. The van der Waals surface area contributed by atoms with Crippen LogP contribution in [0.25, 0.3) is 0 Å². The first-order chi connectivity index (χ1) is 7.67. The van der Waals surface area contributed by atoms with Crippen LogP contribution in [0.2, 0.25) is 0 Å². The first-order valence-electron chi connectivity index (χ1n) is 7.41. The van der Waals surface area contributed by atoms with Gasteiger partial charge in [0.1, 0.15) is 0 Å². The van der Waals surface area contributed by atoms with Gasteiger partial charge in [0.15, 0.2) is 0 Å². The molecule has 0 radical (unpaired) electrons. The van der Waals surface area contributed by atoms with E-state index in [1.807, 2.05) is 27.7 Å². The Morgan fingerprint density at radius 2 is 1.12 bits per heavy atom. The largest absolute Gasteiger partial charge is 0.295 e. The van der Waals surface area contributed by atoms with E-state index < -0.39 is 0 Å². The third kappa shape index (κ3) is 2.30. The standard InChI is InChI=1S/C11H19N.2C2H6/c1-9-7-10(3-4-10)12(2)11(8-9)5-6-11;2*1-2/h9H,3-8H2,1-2H3;2*1-2H3. The van der Waals surface area contributed by atoms with Crippen molar-refractivity contribution in [2.24, 2.45) is 5.92 Å². The van der Waals surface area contributed by atoms with Gasteiger partial charge in [-0.25, -0.2) is 0 Å². The highest BCUT2D eigenvalue weighted by atomic mass is 15.3. The Balaban J connectivity index is 0.000000291. The maximum absolute atomic E-state index is 2.75. The predicted octanol–water partition coefficient (Wildman–Crippen LogP) is 4.47. The van der Waals surface area contributed by atoms with Crippen LogP contribution in [-0.2, 0) is 0 Å². The average molecular weight is 225 g/mol. The maximum Gasteiger partial charge on any atom is 0.0216 e. The molecule has 16 heavy (non-hydrogen) atoms. The topological polar surface area (TPSA) is 3.24 Å². The number of hydrogen-bond donors (Lipinski definition) is 0. The van der Waals surface area contributed by atoms with Crippen molar-refractivity contribution in [2.45, 2.75) is 84.2 Å². The summed E-state index contributed by atoms with van der Waals surface area (Å²) in [6.07, 6.45) is 8.88. The molecule has 0 amide bonds. The summed E-state index contributed by atoms with van der Waals surface area (Å²) >= 11 is 0. The predicted molar refractivity (Wildman–Crippen MR) is 72.8 cm³/mol. The van der Waals surface area contributed by atoms with Gasteiger partial charge in [0.05, 0.1) is 0 Å². The lowest BCUT2D eigenvalue weighted by atomic mass is 9.84. The van der Waals surface area contributed by atoms with Gasteiger partial charge in [0, 0.05) is 11.1 Å². The minimum atomic E-state index is 0.689. The van der Waals surface area contributed by atoms with Crippen molar-refractivity contribution >= 4 is 0 Å². The van der Waals surface area contributed by atoms with Gasteiger partial charge in [-0.2, -0.15) is 0 Å². The van der Waals surface area contributed by atoms with Crippen LogP contribution in [0.5, 0.6) is 0 Å². The third-order valence-corrected chi connectivity index (χ3v) is 4.53. The molecule has 0 aromatic heterocycles. The summed E-state index contributed by atoms with van der Waals surface area (Å²) in [6.45, 7) is 10.5. The Morgan fingerprint density at radius 1 is 0.812 bits per heavy atom. The summed E-state index contributed by atoms with van der Waals surface area (Å²) in [4.78, 5) is 2.75. The zero-order valence-corrected chi connectivity index (χ0v) is 12.3. The first-order valence-corrected chi connectivity index (χ1v) is 7.41. The van der Waals surface area contributed by atoms with Crippen LogP contribution in [0.4, 0.5) is 0 Å². The Kier molecular flexibility index (Phi) is 4.45. The van der Waals surface area contributed by atoms with Crippen molar-refractivity contribution in [3.05, 3.63) is 0 Å². The van der Waals surface area contributed by atoms with Crippen LogP contribution in [-0.4, -0.2) is 23.0 Å². The zero-order valence-electron chi connectivity index (χ0n) is 12.3. The summed E-state index contributed by atoms with van der Waals surface area (Å²) in [6, 6.07) is 0. The molecular weight excluding hydrogens is 194 g/mol. The molecule has 3 rings (SSSR count). The summed E-state index contributed by atoms with van der Waals surface area (Å²) < 4.78 is 0. The first kappa shape index (κ1) is 14.0. The summed E-state index contributed by atoms with van der Waals surface area (Å²) in [5, 5.41) is 0. The van der Waals surface area contributed by atoms with Gasteiger partial charge < -0.3 is 0 Å². The van der Waals surface area contributed by atoms with Crippen LogP contribution >= 0.6 is 0 Å². The van der Waals surface area contributed by atoms with E-state index in [1.54, 1.807) is 0 Å². The van der Waals surface area contributed by atoms with Crippen molar-refractivity contribution < 1.29 is 0 Å². The quantitative estimate of drug-likeness (QED) is 0.588. The van der Waals surface area contributed by atoms with E-state index in [4.69, 9.17) is 0 Å². The average Bonchev–Trinajstić information content (AvgIpc) is 3.21. The summed E-state index contributed by atoms with van der Waals surface area (Å²) in [5.41, 5.74) is 1.38. The molecule has 0 aromatic rings. The molecule has 3 fully saturated rings. The molecule has 1 heterocycles. The molecule has 2 saturated carbocycles. The fourth-order valence-electron chi connectivity index (χ4n) is 3.51. The fraction of sp³-hybridized carbons (Fsp3) is 1.00. The molecule has 1 nitrogen and oxygen atoms in total. The molecule has 0 atom stereocenters. The Bertz CT molecular complexity index is 191. The molecule has 1 saturated heterocycles. The Morgan fingerprint density at radius 3 is 1.38 bits per heavy atom. The van der Waals surface area contributed by atoms with Gasteiger partial charge in [0.25, 0.3) is 0 Å². The lowest BCUT2D eigenvalue weighted by molar-refractivity contribution is 0.0509. The lowest BCUT2D eigenvalue weighted by Crippen LogP contribution is -2.49. The monoisotopic (exact) mass is 225 g/mol. The van der Waals surface area contributed by atoms with E-state index in [-0.39, 0.29) is 0 Å². The number of piperidine rings is 1. The SMILES string of the molecule is CC.CC.CC1CC2(CC2)N(C)C2(CC2)C1. The third-order valence-electron chi connectivity index (χ3n) is 4.53. The highest BCUT2D eigenvalue weighted by Crippen LogP contribution is 2.61. The van der Waals surface area contributed by atoms with Gasteiger partial charge in [-0.3, -0.25) is 4.90 Å². The van der Waals surface area contributed by atoms with Crippen molar-refractivity contribution in [2.75, 3.05) is 7.05 Å². The van der Waals surface area contributed by atoms with E-state index in [1.165, 1.54) is 38.5 Å². The molecular formula is C15H31N. The molecule has 0 bridgehead atoms. The Labute approximate surface area is 103 Å². The highest BCUT2D eigenvalue weighted by molar-refractivity contribution is 5.18. The van der Waals surface area contributed by atoms with Crippen LogP contribution in [0.1, 0.15) is 73.1 Å². The molecule has 96 valence electrons. The van der Waals surface area contributed by atoms with Crippen LogP contribution in [0.3, 0.4) is 0 Å². The van der Waals surface area contributed by atoms with E-state index in [9.17, 15) is 0 Å².